The Bertz CT molecular complexity index is 700. The number of carboxylic acid groups (broad SMARTS) is 1. The molecule has 0 aliphatic carbocycles. The Hall–Kier alpha value is -0.340. The smallest absolute Gasteiger partial charge is 0.336 e. The Labute approximate surface area is 174 Å². The van der Waals surface area contributed by atoms with Gasteiger partial charge in [-0.1, -0.05) is 57.3 Å². The lowest BCUT2D eigenvalue weighted by atomic mass is 10.1. The monoisotopic (exact) mass is 651 g/mol. The Balaban J connectivity index is 2.22. The number of phenolic OH excluding ortho intramolecular Hbond substituents is 1. The number of aromatic hydroxyl groups is 1. The second-order valence-electron chi connectivity index (χ2n) is 4.71. The maximum absolute atomic E-state index is 11.4. The van der Waals surface area contributed by atoms with E-state index in [9.17, 15) is 15.0 Å². The molecule has 8 heteroatoms. The minimum absolute atomic E-state index is 0.169. The van der Waals surface area contributed by atoms with E-state index < -0.39 is 10.9 Å². The van der Waals surface area contributed by atoms with Crippen LogP contribution in [0.5, 0.6) is 17.2 Å². The van der Waals surface area contributed by atoms with Crippen LogP contribution in [-0.2, 0) is 6.22 Å². The average Bonchev–Trinajstić information content (AvgIpc) is 2.50. The van der Waals surface area contributed by atoms with Gasteiger partial charge < -0.3 is 20.7 Å². The summed E-state index contributed by atoms with van der Waals surface area (Å²) in [6, 6.07) is 13.5. The second kappa shape index (κ2) is 7.27. The third-order valence-corrected chi connectivity index (χ3v) is 9.34. The number of nitrogens with two attached hydrogens (primary N) is 1. The Kier molecular flexibility index (Phi) is 6.00. The second-order valence-corrected chi connectivity index (χ2v) is 11.7. The molecule has 0 amide bonds. The van der Waals surface area contributed by atoms with Gasteiger partial charge in [0.1, 0.15) is 18.7 Å². The molecule has 4 N–H and O–H groups in total. The molecule has 23 heavy (non-hydrogen) atoms. The molecule has 5 nitrogen and oxygen atoms in total. The van der Waals surface area contributed by atoms with Gasteiger partial charge in [-0.25, -0.2) is 4.79 Å². The highest BCUT2D eigenvalue weighted by Crippen LogP contribution is 2.50. The van der Waals surface area contributed by atoms with E-state index in [0.29, 0.717) is 11.5 Å². The Morgan fingerprint density at radius 3 is 1.83 bits per heavy atom. The molecule has 2 rings (SSSR count). The highest BCUT2D eigenvalue weighted by Gasteiger charge is 2.50. The Morgan fingerprint density at radius 1 is 0.957 bits per heavy atom. The fourth-order valence-electron chi connectivity index (χ4n) is 1.73. The minimum atomic E-state index is -1.45. The molecule has 0 radical (unpaired) electrons. The van der Waals surface area contributed by atoms with Crippen LogP contribution in [0.2, 0.25) is 0 Å². The van der Waals surface area contributed by atoms with Crippen molar-refractivity contribution >= 4 is 73.7 Å². The van der Waals surface area contributed by atoms with Gasteiger partial charge in [-0.2, -0.15) is 0 Å². The van der Waals surface area contributed by atoms with Crippen LogP contribution in [0.1, 0.15) is 5.56 Å². The summed E-state index contributed by atoms with van der Waals surface area (Å²) in [5.41, 5.74) is 6.74. The van der Waals surface area contributed by atoms with Crippen molar-refractivity contribution in [2.45, 2.75) is 4.97 Å². The molecule has 0 aromatic heterocycles. The summed E-state index contributed by atoms with van der Waals surface area (Å²) in [7, 11) is 0. The van der Waals surface area contributed by atoms with Gasteiger partial charge in [0.05, 0.1) is 0 Å². The van der Waals surface area contributed by atoms with Crippen molar-refractivity contribution in [1.29, 1.82) is 0 Å². The van der Waals surface area contributed by atoms with Crippen LogP contribution in [0.4, 0.5) is 0 Å². The number of carboxylic acids is 1. The lowest BCUT2D eigenvalue weighted by molar-refractivity contribution is -0.139. The van der Waals surface area contributed by atoms with E-state index in [4.69, 9.17) is 10.5 Å². The number of halogens is 3. The van der Waals surface area contributed by atoms with Crippen molar-refractivity contribution < 1.29 is 19.7 Å². The van der Waals surface area contributed by atoms with E-state index in [1.165, 1.54) is 12.1 Å². The van der Waals surface area contributed by atoms with Gasteiger partial charge >= 0.3 is 5.97 Å². The van der Waals surface area contributed by atoms with Crippen LogP contribution < -0.4 is 10.5 Å². The number of aliphatic carboxylic acids is 1. The summed E-state index contributed by atoms with van der Waals surface area (Å²) in [4.78, 5) is 11.4. The molecule has 0 aliphatic heterocycles. The molecule has 0 heterocycles. The highest BCUT2D eigenvalue weighted by atomic mass is 127. The topological polar surface area (TPSA) is 92.8 Å². The molecule has 2 aromatic rings. The molecule has 0 saturated heterocycles. The molecular weight excluding hydrogens is 639 g/mol. The number of carbonyl (C=O) groups is 1. The van der Waals surface area contributed by atoms with Gasteiger partial charge in [0.25, 0.3) is 0 Å². The number of alkyl halides is 3. The van der Waals surface area contributed by atoms with E-state index in [0.717, 1.165) is 5.56 Å². The largest absolute Gasteiger partial charge is 0.508 e. The summed E-state index contributed by atoms with van der Waals surface area (Å²) < 4.78 is 3.39. The quantitative estimate of drug-likeness (QED) is 0.254. The third-order valence-electron chi connectivity index (χ3n) is 3.06. The van der Waals surface area contributed by atoms with Crippen molar-refractivity contribution in [2.24, 2.45) is 5.73 Å². The first-order valence-electron chi connectivity index (χ1n) is 6.31. The van der Waals surface area contributed by atoms with Crippen molar-refractivity contribution in [1.82, 2.24) is 0 Å². The molecular formula is C15H12I3NO4. The van der Waals surface area contributed by atoms with E-state index >= 15 is 0 Å². The number of phenols is 1. The van der Waals surface area contributed by atoms with Crippen molar-refractivity contribution in [3.63, 3.8) is 0 Å². The first kappa shape index (κ1) is 19.0. The average molecular weight is 651 g/mol. The normalized spacial score (nSPS) is 14.1. The molecule has 1 atom stereocenters. The highest BCUT2D eigenvalue weighted by molar-refractivity contribution is 14.2. The van der Waals surface area contributed by atoms with Crippen LogP contribution in [0, 0.1) is 0 Å². The number of rotatable bonds is 5. The number of hydrogen-bond acceptors (Lipinski definition) is 4. The van der Waals surface area contributed by atoms with Crippen LogP contribution in [0.25, 0.3) is 0 Å². The molecule has 122 valence electrons. The zero-order valence-corrected chi connectivity index (χ0v) is 18.0. The van der Waals surface area contributed by atoms with Crippen LogP contribution in [-0.4, -0.2) is 19.7 Å². The maximum Gasteiger partial charge on any atom is 0.336 e. The minimum Gasteiger partial charge on any atom is -0.508 e. The summed E-state index contributed by atoms with van der Waals surface area (Å²) >= 11 is 5.84. The first-order valence-corrected chi connectivity index (χ1v) is 9.54. The van der Waals surface area contributed by atoms with Gasteiger partial charge in [0.2, 0.25) is 0 Å². The fraction of sp³-hybridized carbons (Fsp3) is 0.133. The number of hydrogen-bond donors (Lipinski definition) is 3. The Morgan fingerprint density at radius 2 is 1.39 bits per heavy atom. The first-order chi connectivity index (χ1) is 10.6. The lowest BCUT2D eigenvalue weighted by Gasteiger charge is -2.32. The molecule has 0 aliphatic rings. The summed E-state index contributed by atoms with van der Waals surface area (Å²) in [6.07, 6.45) is 0. The van der Waals surface area contributed by atoms with Gasteiger partial charge in [-0.05, 0) is 64.6 Å². The lowest BCUT2D eigenvalue weighted by Crippen LogP contribution is -2.52. The van der Waals surface area contributed by atoms with Crippen molar-refractivity contribution in [3.8, 4) is 17.2 Å². The van der Waals surface area contributed by atoms with Gasteiger partial charge in [-0.15, -0.1) is 0 Å². The zero-order valence-electron chi connectivity index (χ0n) is 11.5. The van der Waals surface area contributed by atoms with Crippen LogP contribution >= 0.6 is 67.8 Å². The van der Waals surface area contributed by atoms with E-state index in [1.54, 1.807) is 59.0 Å². The predicted octanol–water partition coefficient (Wildman–Crippen LogP) is 4.38. The zero-order chi connectivity index (χ0) is 17.3. The molecule has 0 bridgehead atoms. The van der Waals surface area contributed by atoms with Gasteiger partial charge in [-0.3, -0.25) is 0 Å². The standard InChI is InChI=1S/C15H12I3NO4/c16-14(17,15(18,19)13(21)22)9-1-5-11(6-2-9)23-12-7-3-10(20)4-8-12/h1-8,20H,19H2,(H,21,22)/t15-/m1/s1. The van der Waals surface area contributed by atoms with E-state index in [2.05, 4.69) is 0 Å². The molecule has 0 spiro atoms. The van der Waals surface area contributed by atoms with Crippen molar-refractivity contribution in [2.75, 3.05) is 0 Å². The molecule has 2 aromatic carbocycles. The summed E-state index contributed by atoms with van der Waals surface area (Å²) in [5, 5.41) is 18.6. The number of ether oxygens (including phenoxy) is 1. The third kappa shape index (κ3) is 4.20. The van der Waals surface area contributed by atoms with Crippen LogP contribution in [0.15, 0.2) is 48.5 Å². The van der Waals surface area contributed by atoms with Crippen molar-refractivity contribution in [3.05, 3.63) is 54.1 Å². The van der Waals surface area contributed by atoms with Crippen LogP contribution in [0.3, 0.4) is 0 Å². The SMILES string of the molecule is N[C@](I)(C(=O)O)C(I)(I)c1ccc(Oc2ccc(O)cc2)cc1. The van der Waals surface area contributed by atoms with E-state index in [1.807, 2.05) is 45.2 Å². The maximum atomic E-state index is 11.4. The summed E-state index contributed by atoms with van der Waals surface area (Å²) in [5.74, 6) is 0.293. The molecule has 0 saturated carbocycles. The van der Waals surface area contributed by atoms with Gasteiger partial charge in [0.15, 0.2) is 3.55 Å². The number of benzene rings is 2. The fourth-order valence-corrected chi connectivity index (χ4v) is 3.22. The molecule has 0 unspecified atom stereocenters. The van der Waals surface area contributed by atoms with Gasteiger partial charge in [0, 0.05) is 0 Å². The predicted molar refractivity (Wildman–Crippen MR) is 113 cm³/mol. The molecule has 0 fully saturated rings. The summed E-state index contributed by atoms with van der Waals surface area (Å²) in [6.45, 7) is 0. The van der Waals surface area contributed by atoms with E-state index in [-0.39, 0.29) is 5.75 Å².